The van der Waals surface area contributed by atoms with Crippen LogP contribution in [0, 0.1) is 18.8 Å². The normalized spacial score (nSPS) is 25.6. The lowest BCUT2D eigenvalue weighted by molar-refractivity contribution is 0.411. The molecule has 1 fully saturated rings. The molecule has 2 N–H and O–H groups in total. The number of benzene rings is 1. The lowest BCUT2D eigenvalue weighted by Gasteiger charge is -2.20. The number of allylic oxidation sites excluding steroid dienone is 1. The third kappa shape index (κ3) is 3.30. The largest absolute Gasteiger partial charge is 0.496 e. The summed E-state index contributed by atoms with van der Waals surface area (Å²) in [5, 5.41) is 8.14. The number of methoxy groups -OCH3 is 1. The van der Waals surface area contributed by atoms with Crippen LogP contribution in [0.3, 0.4) is 0 Å². The molecule has 0 amide bonds. The van der Waals surface area contributed by atoms with E-state index in [0.717, 1.165) is 22.8 Å². The second kappa shape index (κ2) is 6.48. The zero-order valence-corrected chi connectivity index (χ0v) is 13.7. The summed E-state index contributed by atoms with van der Waals surface area (Å²) in [7, 11) is 1.67. The van der Waals surface area contributed by atoms with E-state index in [4.69, 9.17) is 17.0 Å². The van der Waals surface area contributed by atoms with Crippen LogP contribution in [-0.2, 0) is 0 Å². The Labute approximate surface area is 136 Å². The van der Waals surface area contributed by atoms with Crippen LogP contribution in [0.2, 0.25) is 0 Å². The molecule has 0 unspecified atom stereocenters. The number of hydrazone groups is 1. The van der Waals surface area contributed by atoms with E-state index in [9.17, 15) is 0 Å². The van der Waals surface area contributed by atoms with Crippen LogP contribution in [0.5, 0.6) is 5.75 Å². The highest BCUT2D eigenvalue weighted by molar-refractivity contribution is 7.80. The standard InChI is InChI=1S/C17H21N3OS/c1-11-3-4-13(9-16(11)21-2)10-18-20-17(22)19-15-8-12-5-6-14(15)7-12/h3-6,9-10,12,14-15H,7-8H2,1-2H3,(H2,19,20,22)/b18-10-/t12-,14-,15-/m0/s1. The summed E-state index contributed by atoms with van der Waals surface area (Å²) >= 11 is 5.31. The van der Waals surface area contributed by atoms with E-state index in [2.05, 4.69) is 28.0 Å². The van der Waals surface area contributed by atoms with Crippen LogP contribution in [0.4, 0.5) is 0 Å². The molecule has 3 rings (SSSR count). The van der Waals surface area contributed by atoms with Crippen LogP contribution in [0.25, 0.3) is 0 Å². The minimum atomic E-state index is 0.449. The van der Waals surface area contributed by atoms with Crippen LogP contribution in [0.1, 0.15) is 24.0 Å². The molecule has 2 aliphatic rings. The molecule has 2 aliphatic carbocycles. The highest BCUT2D eigenvalue weighted by atomic mass is 32.1. The Morgan fingerprint density at radius 3 is 2.91 bits per heavy atom. The van der Waals surface area contributed by atoms with E-state index in [1.54, 1.807) is 13.3 Å². The Bertz CT molecular complexity index is 626. The van der Waals surface area contributed by atoms with E-state index < -0.39 is 0 Å². The van der Waals surface area contributed by atoms with Crippen LogP contribution < -0.4 is 15.5 Å². The molecule has 2 bridgehead atoms. The summed E-state index contributed by atoms with van der Waals surface area (Å²) in [6.07, 6.45) is 8.80. The number of fused-ring (bicyclic) bond motifs is 2. The molecule has 0 radical (unpaired) electrons. The van der Waals surface area contributed by atoms with Gasteiger partial charge < -0.3 is 10.1 Å². The summed E-state index contributed by atoms with van der Waals surface area (Å²) < 4.78 is 5.30. The van der Waals surface area contributed by atoms with Gasteiger partial charge in [-0.15, -0.1) is 0 Å². The van der Waals surface area contributed by atoms with Gasteiger partial charge in [-0.1, -0.05) is 24.3 Å². The fourth-order valence-corrected chi connectivity index (χ4v) is 3.43. The summed E-state index contributed by atoms with van der Waals surface area (Å²) in [5.41, 5.74) is 4.97. The molecule has 1 aromatic rings. The molecule has 0 saturated heterocycles. The lowest BCUT2D eigenvalue weighted by atomic mass is 10.0. The zero-order chi connectivity index (χ0) is 15.5. The topological polar surface area (TPSA) is 45.6 Å². The van der Waals surface area contributed by atoms with Gasteiger partial charge in [0, 0.05) is 6.04 Å². The summed E-state index contributed by atoms with van der Waals surface area (Å²) in [5.74, 6) is 2.21. The molecule has 1 aromatic carbocycles. The Kier molecular flexibility index (Phi) is 4.43. The molecular weight excluding hydrogens is 294 g/mol. The fourth-order valence-electron chi connectivity index (χ4n) is 3.23. The van der Waals surface area contributed by atoms with E-state index >= 15 is 0 Å². The maximum atomic E-state index is 5.31. The lowest BCUT2D eigenvalue weighted by Crippen LogP contribution is -2.42. The summed E-state index contributed by atoms with van der Waals surface area (Å²) in [6, 6.07) is 6.42. The highest BCUT2D eigenvalue weighted by Gasteiger charge is 2.35. The Balaban J connectivity index is 1.51. The van der Waals surface area contributed by atoms with Crippen molar-refractivity contribution in [2.75, 3.05) is 7.11 Å². The number of nitrogens with one attached hydrogen (secondary N) is 2. The van der Waals surface area contributed by atoms with Crippen molar-refractivity contribution in [1.82, 2.24) is 10.7 Å². The molecule has 22 heavy (non-hydrogen) atoms. The number of hydrogen-bond acceptors (Lipinski definition) is 3. The van der Waals surface area contributed by atoms with E-state index in [1.165, 1.54) is 12.8 Å². The maximum absolute atomic E-state index is 5.31. The Hall–Kier alpha value is -1.88. The second-order valence-corrected chi connectivity index (χ2v) is 6.37. The van der Waals surface area contributed by atoms with Gasteiger partial charge in [0.1, 0.15) is 5.75 Å². The molecule has 116 valence electrons. The number of hydrogen-bond donors (Lipinski definition) is 2. The molecule has 0 heterocycles. The van der Waals surface area contributed by atoms with Gasteiger partial charge in [-0.3, -0.25) is 5.43 Å². The average Bonchev–Trinajstić information content (AvgIpc) is 3.11. The first-order valence-electron chi connectivity index (χ1n) is 7.58. The van der Waals surface area contributed by atoms with Gasteiger partial charge in [0.05, 0.1) is 13.3 Å². The van der Waals surface area contributed by atoms with Crippen molar-refractivity contribution >= 4 is 23.5 Å². The third-order valence-corrected chi connectivity index (χ3v) is 4.62. The molecule has 1 saturated carbocycles. The van der Waals surface area contributed by atoms with Crippen molar-refractivity contribution in [3.05, 3.63) is 41.5 Å². The quantitative estimate of drug-likeness (QED) is 0.388. The Morgan fingerprint density at radius 2 is 2.23 bits per heavy atom. The predicted octanol–water partition coefficient (Wildman–Crippen LogP) is 2.77. The van der Waals surface area contributed by atoms with Crippen molar-refractivity contribution in [3.8, 4) is 5.75 Å². The van der Waals surface area contributed by atoms with Crippen molar-refractivity contribution in [1.29, 1.82) is 0 Å². The zero-order valence-electron chi connectivity index (χ0n) is 12.9. The summed E-state index contributed by atoms with van der Waals surface area (Å²) in [4.78, 5) is 0. The van der Waals surface area contributed by atoms with Gasteiger partial charge in [0.15, 0.2) is 5.11 Å². The number of ether oxygens (including phenoxy) is 1. The van der Waals surface area contributed by atoms with Gasteiger partial charge in [-0.05, 0) is 61.0 Å². The number of thiocarbonyl (C=S) groups is 1. The van der Waals surface area contributed by atoms with Gasteiger partial charge in [0.25, 0.3) is 0 Å². The molecule has 4 nitrogen and oxygen atoms in total. The number of rotatable bonds is 4. The van der Waals surface area contributed by atoms with Gasteiger partial charge in [-0.2, -0.15) is 5.10 Å². The maximum Gasteiger partial charge on any atom is 0.187 e. The predicted molar refractivity (Wildman–Crippen MR) is 93.3 cm³/mol. The van der Waals surface area contributed by atoms with Crippen LogP contribution >= 0.6 is 12.2 Å². The number of nitrogens with zero attached hydrogens (tertiary/aromatic N) is 1. The summed E-state index contributed by atoms with van der Waals surface area (Å²) in [6.45, 7) is 2.01. The minimum Gasteiger partial charge on any atom is -0.496 e. The van der Waals surface area contributed by atoms with Crippen molar-refractivity contribution in [2.24, 2.45) is 16.9 Å². The monoisotopic (exact) mass is 315 g/mol. The smallest absolute Gasteiger partial charge is 0.187 e. The van der Waals surface area contributed by atoms with Gasteiger partial charge >= 0.3 is 0 Å². The first kappa shape index (κ1) is 15.0. The minimum absolute atomic E-state index is 0.449. The fraction of sp³-hybridized carbons (Fsp3) is 0.412. The number of aryl methyl sites for hydroxylation is 1. The van der Waals surface area contributed by atoms with Crippen LogP contribution in [0.15, 0.2) is 35.5 Å². The van der Waals surface area contributed by atoms with E-state index in [0.29, 0.717) is 17.1 Å². The molecule has 5 heteroatoms. The third-order valence-electron chi connectivity index (χ3n) is 4.41. The molecule has 0 aromatic heterocycles. The first-order valence-corrected chi connectivity index (χ1v) is 7.99. The molecular formula is C17H21N3OS. The average molecular weight is 315 g/mol. The highest BCUT2D eigenvalue weighted by Crippen LogP contribution is 2.38. The molecule has 0 spiro atoms. The van der Waals surface area contributed by atoms with Gasteiger partial charge in [-0.25, -0.2) is 0 Å². The Morgan fingerprint density at radius 1 is 1.36 bits per heavy atom. The van der Waals surface area contributed by atoms with Crippen molar-refractivity contribution in [2.45, 2.75) is 25.8 Å². The van der Waals surface area contributed by atoms with Crippen molar-refractivity contribution in [3.63, 3.8) is 0 Å². The molecule has 3 atom stereocenters. The van der Waals surface area contributed by atoms with E-state index in [-0.39, 0.29) is 0 Å². The SMILES string of the molecule is COc1cc(/C=N\NC(=S)N[C@H]2C[C@H]3C=C[C@H]2C3)ccc1C. The first-order chi connectivity index (χ1) is 10.7. The molecule has 0 aliphatic heterocycles. The van der Waals surface area contributed by atoms with E-state index in [1.807, 2.05) is 25.1 Å². The second-order valence-electron chi connectivity index (χ2n) is 5.96. The van der Waals surface area contributed by atoms with Crippen molar-refractivity contribution < 1.29 is 4.74 Å². The van der Waals surface area contributed by atoms with Gasteiger partial charge in [0.2, 0.25) is 0 Å². The van der Waals surface area contributed by atoms with Crippen LogP contribution in [-0.4, -0.2) is 24.5 Å².